The summed E-state index contributed by atoms with van der Waals surface area (Å²) in [7, 11) is 1.67. The molecule has 1 aliphatic carbocycles. The highest BCUT2D eigenvalue weighted by Gasteiger charge is 2.45. The molecule has 1 aliphatic rings. The van der Waals surface area contributed by atoms with E-state index in [9.17, 15) is 4.39 Å². The van der Waals surface area contributed by atoms with Gasteiger partial charge in [0.25, 0.3) is 0 Å². The normalized spacial score (nSPS) is 16.6. The van der Waals surface area contributed by atoms with Crippen LogP contribution >= 0.6 is 15.9 Å². The zero-order valence-corrected chi connectivity index (χ0v) is 11.9. The van der Waals surface area contributed by atoms with Gasteiger partial charge in [-0.3, -0.25) is 0 Å². The molecular formula is C13H17BrFNO2. The highest BCUT2D eigenvalue weighted by Crippen LogP contribution is 2.40. The van der Waals surface area contributed by atoms with E-state index in [1.807, 2.05) is 0 Å². The third kappa shape index (κ3) is 3.67. The summed E-state index contributed by atoms with van der Waals surface area (Å²) in [6, 6.07) is 4.75. The average Bonchev–Trinajstić information content (AvgIpc) is 3.10. The highest BCUT2D eigenvalue weighted by molar-refractivity contribution is 9.10. The molecular weight excluding hydrogens is 301 g/mol. The molecule has 0 atom stereocenters. The van der Waals surface area contributed by atoms with Crippen molar-refractivity contribution in [2.24, 2.45) is 0 Å². The Balaban J connectivity index is 1.90. The van der Waals surface area contributed by atoms with Gasteiger partial charge in [0.1, 0.15) is 5.60 Å². The predicted molar refractivity (Wildman–Crippen MR) is 71.4 cm³/mol. The maximum atomic E-state index is 13.6. The Labute approximate surface area is 115 Å². The van der Waals surface area contributed by atoms with Crippen LogP contribution in [0, 0.1) is 5.82 Å². The summed E-state index contributed by atoms with van der Waals surface area (Å²) in [6.07, 6.45) is 1.91. The minimum Gasteiger partial charge on any atom is -0.483 e. The van der Waals surface area contributed by atoms with Gasteiger partial charge in [-0.25, -0.2) is 4.39 Å². The maximum Gasteiger partial charge on any atom is 0.165 e. The standard InChI is InChI=1S/C13H17BrFNO2/c1-17-7-6-16-9-13(4-5-13)18-12-8-10(14)2-3-11(12)15/h2-3,8,16H,4-7,9H2,1H3. The lowest BCUT2D eigenvalue weighted by molar-refractivity contribution is 0.156. The van der Waals surface area contributed by atoms with Crippen molar-refractivity contribution in [2.45, 2.75) is 18.4 Å². The lowest BCUT2D eigenvalue weighted by Crippen LogP contribution is -2.35. The first-order valence-corrected chi connectivity index (χ1v) is 6.78. The van der Waals surface area contributed by atoms with Crippen molar-refractivity contribution in [3.63, 3.8) is 0 Å². The molecule has 0 radical (unpaired) electrons. The fourth-order valence-corrected chi connectivity index (χ4v) is 2.07. The third-order valence-corrected chi connectivity index (χ3v) is 3.45. The van der Waals surface area contributed by atoms with Gasteiger partial charge in [0.2, 0.25) is 0 Å². The lowest BCUT2D eigenvalue weighted by Gasteiger charge is -2.19. The monoisotopic (exact) mass is 317 g/mol. The maximum absolute atomic E-state index is 13.6. The van der Waals surface area contributed by atoms with E-state index in [0.29, 0.717) is 12.4 Å². The number of benzene rings is 1. The molecule has 2 rings (SSSR count). The molecule has 0 bridgehead atoms. The van der Waals surface area contributed by atoms with E-state index < -0.39 is 0 Å². The molecule has 1 aromatic carbocycles. The first-order chi connectivity index (χ1) is 8.65. The summed E-state index contributed by atoms with van der Waals surface area (Å²) in [4.78, 5) is 0. The van der Waals surface area contributed by atoms with E-state index in [2.05, 4.69) is 21.2 Å². The van der Waals surface area contributed by atoms with Crippen molar-refractivity contribution < 1.29 is 13.9 Å². The fraction of sp³-hybridized carbons (Fsp3) is 0.538. The molecule has 0 amide bonds. The van der Waals surface area contributed by atoms with E-state index in [1.54, 1.807) is 19.2 Å². The van der Waals surface area contributed by atoms with Crippen molar-refractivity contribution in [2.75, 3.05) is 26.8 Å². The van der Waals surface area contributed by atoms with Gasteiger partial charge in [-0.05, 0) is 31.0 Å². The second-order valence-corrected chi connectivity index (χ2v) is 5.45. The smallest absolute Gasteiger partial charge is 0.165 e. The van der Waals surface area contributed by atoms with Crippen LogP contribution in [0.2, 0.25) is 0 Å². The quantitative estimate of drug-likeness (QED) is 0.784. The molecule has 3 nitrogen and oxygen atoms in total. The minimum absolute atomic E-state index is 0.241. The van der Waals surface area contributed by atoms with E-state index in [1.165, 1.54) is 6.07 Å². The van der Waals surface area contributed by atoms with Crippen molar-refractivity contribution in [3.8, 4) is 5.75 Å². The molecule has 100 valence electrons. The largest absolute Gasteiger partial charge is 0.483 e. The van der Waals surface area contributed by atoms with E-state index >= 15 is 0 Å². The first kappa shape index (κ1) is 13.8. The Hall–Kier alpha value is -0.650. The van der Waals surface area contributed by atoms with Crippen LogP contribution in [0.5, 0.6) is 5.75 Å². The van der Waals surface area contributed by atoms with Crippen LogP contribution in [-0.4, -0.2) is 32.4 Å². The summed E-state index contributed by atoms with van der Waals surface area (Å²) in [5.41, 5.74) is -0.241. The lowest BCUT2D eigenvalue weighted by atomic mass is 10.3. The highest BCUT2D eigenvalue weighted by atomic mass is 79.9. The third-order valence-electron chi connectivity index (χ3n) is 2.96. The molecule has 1 fully saturated rings. The number of rotatable bonds is 7. The average molecular weight is 318 g/mol. The fourth-order valence-electron chi connectivity index (χ4n) is 1.73. The molecule has 0 heterocycles. The second-order valence-electron chi connectivity index (χ2n) is 4.53. The molecule has 0 aromatic heterocycles. The van der Waals surface area contributed by atoms with Gasteiger partial charge in [-0.2, -0.15) is 0 Å². The number of hydrogen-bond acceptors (Lipinski definition) is 3. The Morgan fingerprint density at radius 3 is 2.89 bits per heavy atom. The second kappa shape index (κ2) is 5.99. The number of hydrogen-bond donors (Lipinski definition) is 1. The SMILES string of the molecule is COCCNCC1(Oc2cc(Br)ccc2F)CC1. The zero-order chi connectivity index (χ0) is 13.0. The molecule has 1 N–H and O–H groups in total. The summed E-state index contributed by atoms with van der Waals surface area (Å²) in [6.45, 7) is 2.17. The van der Waals surface area contributed by atoms with Gasteiger partial charge < -0.3 is 14.8 Å². The van der Waals surface area contributed by atoms with Gasteiger partial charge in [0.15, 0.2) is 11.6 Å². The summed E-state index contributed by atoms with van der Waals surface area (Å²) >= 11 is 3.32. The van der Waals surface area contributed by atoms with E-state index in [-0.39, 0.29) is 11.4 Å². The van der Waals surface area contributed by atoms with Crippen LogP contribution < -0.4 is 10.1 Å². The van der Waals surface area contributed by atoms with Gasteiger partial charge >= 0.3 is 0 Å². The summed E-state index contributed by atoms with van der Waals surface area (Å²) in [5.74, 6) is -0.00298. The Kier molecular flexibility index (Phi) is 4.59. The van der Waals surface area contributed by atoms with Gasteiger partial charge in [-0.15, -0.1) is 0 Å². The van der Waals surface area contributed by atoms with Gasteiger partial charge in [-0.1, -0.05) is 15.9 Å². The Morgan fingerprint density at radius 1 is 1.44 bits per heavy atom. The summed E-state index contributed by atoms with van der Waals surface area (Å²) < 4.78 is 25.2. The molecule has 1 aromatic rings. The predicted octanol–water partition coefficient (Wildman–Crippen LogP) is 2.74. The first-order valence-electron chi connectivity index (χ1n) is 5.99. The summed E-state index contributed by atoms with van der Waals surface area (Å²) in [5, 5.41) is 3.26. The number of nitrogens with one attached hydrogen (secondary N) is 1. The number of methoxy groups -OCH3 is 1. The molecule has 0 aliphatic heterocycles. The molecule has 0 spiro atoms. The number of halogens is 2. The Morgan fingerprint density at radius 2 is 2.22 bits per heavy atom. The van der Waals surface area contributed by atoms with Crippen molar-refractivity contribution >= 4 is 15.9 Å². The van der Waals surface area contributed by atoms with Crippen LogP contribution in [0.4, 0.5) is 4.39 Å². The van der Waals surface area contributed by atoms with E-state index in [0.717, 1.165) is 30.4 Å². The minimum atomic E-state index is -0.318. The van der Waals surface area contributed by atoms with Crippen LogP contribution in [0.3, 0.4) is 0 Å². The number of ether oxygens (including phenoxy) is 2. The van der Waals surface area contributed by atoms with Crippen LogP contribution in [0.25, 0.3) is 0 Å². The molecule has 1 saturated carbocycles. The zero-order valence-electron chi connectivity index (χ0n) is 10.3. The molecule has 5 heteroatoms. The van der Waals surface area contributed by atoms with Crippen molar-refractivity contribution in [3.05, 3.63) is 28.5 Å². The van der Waals surface area contributed by atoms with Crippen LogP contribution in [0.1, 0.15) is 12.8 Å². The topological polar surface area (TPSA) is 30.5 Å². The molecule has 18 heavy (non-hydrogen) atoms. The van der Waals surface area contributed by atoms with Crippen molar-refractivity contribution in [1.29, 1.82) is 0 Å². The van der Waals surface area contributed by atoms with E-state index in [4.69, 9.17) is 9.47 Å². The van der Waals surface area contributed by atoms with Crippen LogP contribution in [0.15, 0.2) is 22.7 Å². The Bertz CT molecular complexity index is 410. The van der Waals surface area contributed by atoms with Gasteiger partial charge in [0, 0.05) is 24.7 Å². The molecule has 0 saturated heterocycles. The van der Waals surface area contributed by atoms with Crippen molar-refractivity contribution in [1.82, 2.24) is 5.32 Å². The van der Waals surface area contributed by atoms with Crippen LogP contribution in [-0.2, 0) is 4.74 Å². The molecule has 0 unspecified atom stereocenters. The van der Waals surface area contributed by atoms with Gasteiger partial charge in [0.05, 0.1) is 6.61 Å².